The van der Waals surface area contributed by atoms with Crippen molar-refractivity contribution in [1.29, 1.82) is 0 Å². The molecule has 4 nitrogen and oxygen atoms in total. The fourth-order valence-electron chi connectivity index (χ4n) is 3.32. The summed E-state index contributed by atoms with van der Waals surface area (Å²) in [5.74, 6) is -2.78. The molecule has 0 radical (unpaired) electrons. The van der Waals surface area contributed by atoms with Crippen LogP contribution in [0.3, 0.4) is 0 Å². The number of fused-ring (bicyclic) bond motifs is 2. The molecule has 1 aliphatic carbocycles. The second-order valence-electron chi connectivity index (χ2n) is 6.52. The number of benzene rings is 1. The fourth-order valence-corrected chi connectivity index (χ4v) is 4.43. The average molecular weight is 358 g/mol. The van der Waals surface area contributed by atoms with Crippen LogP contribution < -0.4 is 0 Å². The smallest absolute Gasteiger partial charge is 0.254 e. The number of aliphatic hydroxyl groups is 1. The van der Waals surface area contributed by atoms with Gasteiger partial charge in [0, 0.05) is 34.1 Å². The van der Waals surface area contributed by atoms with Gasteiger partial charge in [0.15, 0.2) is 5.58 Å². The lowest BCUT2D eigenvalue weighted by Crippen LogP contribution is -2.48. The summed E-state index contributed by atoms with van der Waals surface area (Å²) in [7, 11) is 0. The van der Waals surface area contributed by atoms with Gasteiger partial charge in [-0.25, -0.2) is 13.8 Å². The van der Waals surface area contributed by atoms with Crippen molar-refractivity contribution in [3.8, 4) is 11.3 Å². The molecule has 1 N–H and O–H groups in total. The Balaban J connectivity index is 1.55. The van der Waals surface area contributed by atoms with Gasteiger partial charge in [0.25, 0.3) is 5.92 Å². The molecule has 0 amide bonds. The minimum atomic E-state index is -2.78. The molecule has 0 spiro atoms. The van der Waals surface area contributed by atoms with Crippen molar-refractivity contribution in [2.45, 2.75) is 24.4 Å². The van der Waals surface area contributed by atoms with Gasteiger partial charge in [-0.15, -0.1) is 11.3 Å². The van der Waals surface area contributed by atoms with Crippen LogP contribution in [0.1, 0.15) is 17.7 Å². The number of nitrogens with zero attached hydrogens (tertiary/aromatic N) is 2. The first-order chi connectivity index (χ1) is 11.9. The largest absolute Gasteiger partial charge is 0.384 e. The van der Waals surface area contributed by atoms with Crippen molar-refractivity contribution in [3.63, 3.8) is 0 Å². The van der Waals surface area contributed by atoms with Crippen molar-refractivity contribution in [2.24, 2.45) is 0 Å². The summed E-state index contributed by atoms with van der Waals surface area (Å²) in [5.41, 5.74) is 0.962. The predicted molar refractivity (Wildman–Crippen MR) is 90.7 cm³/mol. The molecule has 4 aromatic rings. The van der Waals surface area contributed by atoms with Crippen LogP contribution in [0.25, 0.3) is 32.4 Å². The maximum atomic E-state index is 13.2. The second-order valence-corrected chi connectivity index (χ2v) is 7.55. The van der Waals surface area contributed by atoms with E-state index in [-0.39, 0.29) is 0 Å². The Morgan fingerprint density at radius 2 is 1.92 bits per heavy atom. The molecular weight excluding hydrogens is 346 g/mol. The van der Waals surface area contributed by atoms with E-state index in [1.807, 2.05) is 30.3 Å². The molecule has 1 saturated carbocycles. The predicted octanol–water partition coefficient (Wildman–Crippen LogP) is 4.72. The summed E-state index contributed by atoms with van der Waals surface area (Å²) < 4.78 is 31.5. The number of thiophene rings is 1. The number of hydrogen-bond donors (Lipinski definition) is 1. The van der Waals surface area contributed by atoms with E-state index in [1.165, 1.54) is 11.3 Å². The number of halogens is 2. The van der Waals surface area contributed by atoms with Crippen molar-refractivity contribution >= 4 is 32.5 Å². The van der Waals surface area contributed by atoms with E-state index in [1.54, 1.807) is 12.3 Å². The molecule has 0 saturated heterocycles. The zero-order chi connectivity index (χ0) is 17.2. The average Bonchev–Trinajstić information content (AvgIpc) is 3.18. The summed E-state index contributed by atoms with van der Waals surface area (Å²) in [6.45, 7) is 0. The Morgan fingerprint density at radius 1 is 1.08 bits per heavy atom. The van der Waals surface area contributed by atoms with Gasteiger partial charge in [-0.1, -0.05) is 5.16 Å². The minimum absolute atomic E-state index is 0.524. The van der Waals surface area contributed by atoms with Gasteiger partial charge in [0.1, 0.15) is 10.4 Å². The third-order valence-electron chi connectivity index (χ3n) is 4.59. The van der Waals surface area contributed by atoms with Gasteiger partial charge in [0.2, 0.25) is 0 Å². The highest BCUT2D eigenvalue weighted by Gasteiger charge is 2.57. The number of hydrogen-bond acceptors (Lipinski definition) is 5. The first-order valence-electron chi connectivity index (χ1n) is 7.78. The van der Waals surface area contributed by atoms with Crippen molar-refractivity contribution in [3.05, 3.63) is 47.5 Å². The van der Waals surface area contributed by atoms with Crippen molar-refractivity contribution in [2.75, 3.05) is 0 Å². The fraction of sp³-hybridized carbons (Fsp3) is 0.222. The Hall–Kier alpha value is -2.38. The first-order valence-corrected chi connectivity index (χ1v) is 8.60. The zero-order valence-electron chi connectivity index (χ0n) is 12.9. The standard InChI is InChI=1S/C18H12F2N2O2S/c19-18(20)8-17(23,9-18)15-6-11-1-3-13(22-16(11)25-15)10-2-4-14-12(5-10)7-21-24-14/h1-7,23H,8-9H2. The Labute approximate surface area is 144 Å². The van der Waals surface area contributed by atoms with Crippen molar-refractivity contribution in [1.82, 2.24) is 10.1 Å². The second kappa shape index (κ2) is 4.83. The molecule has 3 heterocycles. The summed E-state index contributed by atoms with van der Waals surface area (Å²) in [4.78, 5) is 5.91. The molecule has 5 rings (SSSR count). The molecule has 126 valence electrons. The molecule has 1 aromatic carbocycles. The normalized spacial score (nSPS) is 18.5. The lowest BCUT2D eigenvalue weighted by molar-refractivity contribution is -0.208. The van der Waals surface area contributed by atoms with E-state index in [9.17, 15) is 13.9 Å². The third-order valence-corrected chi connectivity index (χ3v) is 5.83. The van der Waals surface area contributed by atoms with Gasteiger partial charge >= 0.3 is 0 Å². The molecular formula is C18H12F2N2O2S. The molecule has 3 aromatic heterocycles. The van der Waals surface area contributed by atoms with E-state index >= 15 is 0 Å². The Morgan fingerprint density at radius 3 is 2.72 bits per heavy atom. The topological polar surface area (TPSA) is 59.2 Å². The van der Waals surface area contributed by atoms with Crippen LogP contribution in [-0.2, 0) is 5.60 Å². The van der Waals surface area contributed by atoms with Crippen molar-refractivity contribution < 1.29 is 18.4 Å². The van der Waals surface area contributed by atoms with Crippen LogP contribution in [0.2, 0.25) is 0 Å². The number of pyridine rings is 1. The lowest BCUT2D eigenvalue weighted by atomic mass is 9.75. The van der Waals surface area contributed by atoms with E-state index in [4.69, 9.17) is 4.52 Å². The van der Waals surface area contributed by atoms with Gasteiger partial charge in [-0.3, -0.25) is 0 Å². The third kappa shape index (κ3) is 2.34. The molecule has 0 unspecified atom stereocenters. The summed E-state index contributed by atoms with van der Waals surface area (Å²) in [6, 6.07) is 11.2. The van der Waals surface area contributed by atoms with E-state index in [0.717, 1.165) is 26.9 Å². The summed E-state index contributed by atoms with van der Waals surface area (Å²) >= 11 is 1.27. The quantitative estimate of drug-likeness (QED) is 0.563. The highest BCUT2D eigenvalue weighted by molar-refractivity contribution is 7.18. The van der Waals surface area contributed by atoms with Gasteiger partial charge in [-0.05, 0) is 36.4 Å². The molecule has 0 aliphatic heterocycles. The van der Waals surface area contributed by atoms with Crippen LogP contribution >= 0.6 is 11.3 Å². The summed E-state index contributed by atoms with van der Waals surface area (Å²) in [6.07, 6.45) is 0.598. The minimum Gasteiger partial charge on any atom is -0.384 e. The van der Waals surface area contributed by atoms with E-state index in [0.29, 0.717) is 10.5 Å². The molecule has 25 heavy (non-hydrogen) atoms. The maximum absolute atomic E-state index is 13.2. The monoisotopic (exact) mass is 358 g/mol. The number of aromatic nitrogens is 2. The van der Waals surface area contributed by atoms with Gasteiger partial charge in [-0.2, -0.15) is 0 Å². The van der Waals surface area contributed by atoms with E-state index in [2.05, 4.69) is 10.1 Å². The van der Waals surface area contributed by atoms with Crippen LogP contribution in [0.5, 0.6) is 0 Å². The van der Waals surface area contributed by atoms with Gasteiger partial charge in [0.05, 0.1) is 11.9 Å². The number of alkyl halides is 2. The highest BCUT2D eigenvalue weighted by atomic mass is 32.1. The molecule has 1 aliphatic rings. The Kier molecular flexibility index (Phi) is 2.88. The molecule has 1 fully saturated rings. The number of rotatable bonds is 2. The lowest BCUT2D eigenvalue weighted by Gasteiger charge is -2.42. The van der Waals surface area contributed by atoms with Gasteiger partial charge < -0.3 is 9.63 Å². The zero-order valence-corrected chi connectivity index (χ0v) is 13.7. The Bertz CT molecular complexity index is 1110. The molecule has 0 atom stereocenters. The highest BCUT2D eigenvalue weighted by Crippen LogP contribution is 2.53. The van der Waals surface area contributed by atoms with Crippen LogP contribution in [0, 0.1) is 0 Å². The molecule has 0 bridgehead atoms. The first kappa shape index (κ1) is 14.9. The van der Waals surface area contributed by atoms with Crippen LogP contribution in [-0.4, -0.2) is 21.2 Å². The summed E-state index contributed by atoms with van der Waals surface area (Å²) in [5, 5.41) is 15.9. The van der Waals surface area contributed by atoms with E-state index < -0.39 is 24.4 Å². The van der Waals surface area contributed by atoms with Crippen LogP contribution in [0.15, 0.2) is 47.1 Å². The molecule has 7 heteroatoms. The van der Waals surface area contributed by atoms with Crippen LogP contribution in [0.4, 0.5) is 8.78 Å². The maximum Gasteiger partial charge on any atom is 0.254 e. The SMILES string of the molecule is OC1(c2cc3ccc(-c4ccc5oncc5c4)nc3s2)CC(F)(F)C1.